The molecule has 1 heterocycles. The highest BCUT2D eigenvalue weighted by Gasteiger charge is 2.44. The Kier molecular flexibility index (Phi) is 2.31. The summed E-state index contributed by atoms with van der Waals surface area (Å²) in [6.07, 6.45) is 1.54. The molecule has 1 aromatic rings. The Bertz CT molecular complexity index is 294. The van der Waals surface area contributed by atoms with Gasteiger partial charge in [-0.15, -0.1) is 5.10 Å². The molecule has 5 heteroatoms. The topological polar surface area (TPSA) is 37.8 Å². The minimum absolute atomic E-state index is 0.0136. The predicted molar refractivity (Wildman–Crippen MR) is 48.2 cm³/mol. The van der Waals surface area contributed by atoms with E-state index in [0.717, 1.165) is 0 Å². The van der Waals surface area contributed by atoms with Crippen LogP contribution in [0.25, 0.3) is 0 Å². The summed E-state index contributed by atoms with van der Waals surface area (Å²) in [4.78, 5) is 0. The molecule has 76 valence electrons. The van der Waals surface area contributed by atoms with E-state index in [1.165, 1.54) is 0 Å². The van der Waals surface area contributed by atoms with Crippen LogP contribution >= 0.6 is 0 Å². The summed E-state index contributed by atoms with van der Waals surface area (Å²) in [5, 5.41) is 10.4. The van der Waals surface area contributed by atoms with Gasteiger partial charge in [-0.1, -0.05) is 0 Å². The first-order valence-electron chi connectivity index (χ1n) is 4.55. The van der Waals surface area contributed by atoms with E-state index in [0.29, 0.717) is 12.4 Å². The molecule has 0 saturated heterocycles. The van der Waals surface area contributed by atoms with Crippen LogP contribution in [0.15, 0.2) is 18.3 Å². The van der Waals surface area contributed by atoms with Crippen molar-refractivity contribution in [2.75, 3.05) is 11.9 Å². The van der Waals surface area contributed by atoms with Gasteiger partial charge in [0.1, 0.15) is 5.82 Å². The maximum atomic E-state index is 12.5. The Morgan fingerprint density at radius 2 is 2.29 bits per heavy atom. The first-order valence-corrected chi connectivity index (χ1v) is 4.55. The standard InChI is InChI=1S/C9H11F2N3/c10-9(11)4-7(5-9)6-12-8-2-1-3-13-14-8/h1-3,7H,4-6H2,(H,12,14). The zero-order valence-electron chi connectivity index (χ0n) is 7.58. The van der Waals surface area contributed by atoms with Gasteiger partial charge in [-0.05, 0) is 18.1 Å². The zero-order chi connectivity index (χ0) is 10.0. The molecular formula is C9H11F2N3. The van der Waals surface area contributed by atoms with E-state index < -0.39 is 5.92 Å². The molecule has 0 radical (unpaired) electrons. The van der Waals surface area contributed by atoms with Gasteiger partial charge in [0.25, 0.3) is 0 Å². The second-order valence-corrected chi connectivity index (χ2v) is 3.62. The average molecular weight is 199 g/mol. The van der Waals surface area contributed by atoms with Crippen LogP contribution in [-0.4, -0.2) is 22.7 Å². The van der Waals surface area contributed by atoms with Crippen molar-refractivity contribution < 1.29 is 8.78 Å². The number of nitrogens with one attached hydrogen (secondary N) is 1. The van der Waals surface area contributed by atoms with Crippen LogP contribution in [0, 0.1) is 5.92 Å². The zero-order valence-corrected chi connectivity index (χ0v) is 7.58. The number of aromatic nitrogens is 2. The van der Waals surface area contributed by atoms with Crippen molar-refractivity contribution in [1.82, 2.24) is 10.2 Å². The van der Waals surface area contributed by atoms with Crippen molar-refractivity contribution in [3.63, 3.8) is 0 Å². The van der Waals surface area contributed by atoms with Gasteiger partial charge in [0, 0.05) is 25.6 Å². The molecular weight excluding hydrogens is 188 g/mol. The monoisotopic (exact) mass is 199 g/mol. The van der Waals surface area contributed by atoms with E-state index >= 15 is 0 Å². The Hall–Kier alpha value is -1.26. The lowest BCUT2D eigenvalue weighted by atomic mass is 9.81. The predicted octanol–water partition coefficient (Wildman–Crippen LogP) is 1.93. The minimum atomic E-state index is -2.44. The van der Waals surface area contributed by atoms with E-state index in [9.17, 15) is 8.78 Å². The van der Waals surface area contributed by atoms with Crippen molar-refractivity contribution in [3.05, 3.63) is 18.3 Å². The molecule has 0 unspecified atom stereocenters. The van der Waals surface area contributed by atoms with Gasteiger partial charge in [-0.2, -0.15) is 5.10 Å². The SMILES string of the molecule is FC1(F)CC(CNc2cccnn2)C1. The van der Waals surface area contributed by atoms with E-state index in [4.69, 9.17) is 0 Å². The van der Waals surface area contributed by atoms with Gasteiger partial charge >= 0.3 is 0 Å². The van der Waals surface area contributed by atoms with Crippen molar-refractivity contribution in [2.45, 2.75) is 18.8 Å². The number of rotatable bonds is 3. The molecule has 0 spiro atoms. The molecule has 3 nitrogen and oxygen atoms in total. The summed E-state index contributed by atoms with van der Waals surface area (Å²) < 4.78 is 24.9. The van der Waals surface area contributed by atoms with E-state index in [1.807, 2.05) is 0 Å². The molecule has 0 amide bonds. The summed E-state index contributed by atoms with van der Waals surface area (Å²) in [7, 11) is 0. The summed E-state index contributed by atoms with van der Waals surface area (Å²) in [6.45, 7) is 0.550. The molecule has 1 saturated carbocycles. The Balaban J connectivity index is 1.75. The normalized spacial score (nSPS) is 20.1. The number of hydrogen-bond donors (Lipinski definition) is 1. The number of alkyl halides is 2. The third-order valence-corrected chi connectivity index (χ3v) is 2.32. The Morgan fingerprint density at radius 3 is 2.86 bits per heavy atom. The van der Waals surface area contributed by atoms with Gasteiger partial charge in [0.2, 0.25) is 5.92 Å². The molecule has 0 aliphatic heterocycles. The van der Waals surface area contributed by atoms with E-state index in [1.54, 1.807) is 18.3 Å². The largest absolute Gasteiger partial charge is 0.368 e. The first kappa shape index (κ1) is 9.30. The smallest absolute Gasteiger partial charge is 0.248 e. The molecule has 2 rings (SSSR count). The molecule has 0 aromatic carbocycles. The molecule has 14 heavy (non-hydrogen) atoms. The van der Waals surface area contributed by atoms with Gasteiger partial charge in [0.15, 0.2) is 0 Å². The summed E-state index contributed by atoms with van der Waals surface area (Å²) in [5.74, 6) is -1.73. The fourth-order valence-corrected chi connectivity index (χ4v) is 1.57. The Labute approximate surface area is 80.5 Å². The fraction of sp³-hybridized carbons (Fsp3) is 0.556. The number of nitrogens with zero attached hydrogens (tertiary/aromatic N) is 2. The second-order valence-electron chi connectivity index (χ2n) is 3.62. The summed E-state index contributed by atoms with van der Waals surface area (Å²) in [6, 6.07) is 3.52. The molecule has 0 atom stereocenters. The van der Waals surface area contributed by atoms with Crippen LogP contribution in [0.1, 0.15) is 12.8 Å². The molecule has 1 aliphatic carbocycles. The third kappa shape index (κ3) is 2.16. The third-order valence-electron chi connectivity index (χ3n) is 2.32. The fourth-order valence-electron chi connectivity index (χ4n) is 1.57. The average Bonchev–Trinajstić information content (AvgIpc) is 2.13. The molecule has 1 aromatic heterocycles. The van der Waals surface area contributed by atoms with Crippen molar-refractivity contribution in [1.29, 1.82) is 0 Å². The van der Waals surface area contributed by atoms with Crippen LogP contribution in [-0.2, 0) is 0 Å². The first-order chi connectivity index (χ1) is 6.66. The maximum absolute atomic E-state index is 12.5. The van der Waals surface area contributed by atoms with Gasteiger partial charge < -0.3 is 5.32 Å². The van der Waals surface area contributed by atoms with Crippen LogP contribution in [0.4, 0.5) is 14.6 Å². The molecule has 1 N–H and O–H groups in total. The Morgan fingerprint density at radius 1 is 1.50 bits per heavy atom. The summed E-state index contributed by atoms with van der Waals surface area (Å²) >= 11 is 0. The number of hydrogen-bond acceptors (Lipinski definition) is 3. The van der Waals surface area contributed by atoms with Crippen LogP contribution in [0.3, 0.4) is 0 Å². The van der Waals surface area contributed by atoms with Crippen LogP contribution in [0.5, 0.6) is 0 Å². The maximum Gasteiger partial charge on any atom is 0.248 e. The van der Waals surface area contributed by atoms with Gasteiger partial charge in [-0.25, -0.2) is 8.78 Å². The van der Waals surface area contributed by atoms with Crippen LogP contribution in [0.2, 0.25) is 0 Å². The highest BCUT2D eigenvalue weighted by molar-refractivity contribution is 5.31. The lowest BCUT2D eigenvalue weighted by Gasteiger charge is -2.34. The van der Waals surface area contributed by atoms with Crippen molar-refractivity contribution >= 4 is 5.82 Å². The number of anilines is 1. The van der Waals surface area contributed by atoms with Gasteiger partial charge in [-0.3, -0.25) is 0 Å². The number of halogens is 2. The lowest BCUT2D eigenvalue weighted by molar-refractivity contribution is -0.106. The lowest BCUT2D eigenvalue weighted by Crippen LogP contribution is -2.39. The van der Waals surface area contributed by atoms with Crippen molar-refractivity contribution in [3.8, 4) is 0 Å². The van der Waals surface area contributed by atoms with Gasteiger partial charge in [0.05, 0.1) is 0 Å². The quantitative estimate of drug-likeness (QED) is 0.808. The molecule has 1 aliphatic rings. The summed E-state index contributed by atoms with van der Waals surface area (Å²) in [5.41, 5.74) is 0. The van der Waals surface area contributed by atoms with Crippen LogP contribution < -0.4 is 5.32 Å². The second kappa shape index (κ2) is 3.48. The van der Waals surface area contributed by atoms with E-state index in [2.05, 4.69) is 15.5 Å². The highest BCUT2D eigenvalue weighted by atomic mass is 19.3. The molecule has 1 fully saturated rings. The molecule has 0 bridgehead atoms. The van der Waals surface area contributed by atoms with Crippen molar-refractivity contribution in [2.24, 2.45) is 5.92 Å². The minimum Gasteiger partial charge on any atom is -0.368 e. The van der Waals surface area contributed by atoms with E-state index in [-0.39, 0.29) is 18.8 Å². The highest BCUT2D eigenvalue weighted by Crippen LogP contribution is 2.42.